The van der Waals surface area contributed by atoms with E-state index in [0.29, 0.717) is 25.1 Å². The van der Waals surface area contributed by atoms with Crippen LogP contribution in [0.4, 0.5) is 5.69 Å². The first-order chi connectivity index (χ1) is 19.7. The zero-order valence-electron chi connectivity index (χ0n) is 24.3. The Hall–Kier alpha value is -3.65. The minimum atomic E-state index is -4.07. The van der Waals surface area contributed by atoms with Crippen molar-refractivity contribution in [3.63, 3.8) is 0 Å². The molecule has 3 aromatic rings. The van der Waals surface area contributed by atoms with Gasteiger partial charge in [0.25, 0.3) is 10.0 Å². The van der Waals surface area contributed by atoms with Crippen molar-refractivity contribution in [1.29, 1.82) is 0 Å². The Bertz CT molecular complexity index is 1420. The molecule has 0 spiro atoms. The quantitative estimate of drug-likeness (QED) is 0.313. The SMILES string of the molecule is CCC(C(=O)NC1CCCC1)N(CCc1ccccc1)C(=O)CN(c1ccc(C)cc1C)S(=O)(=O)c1ccccc1. The molecule has 4 rings (SSSR count). The van der Waals surface area contributed by atoms with Gasteiger partial charge < -0.3 is 10.2 Å². The lowest BCUT2D eigenvalue weighted by Crippen LogP contribution is -2.54. The molecule has 0 aromatic heterocycles. The van der Waals surface area contributed by atoms with Crippen LogP contribution in [-0.4, -0.2) is 50.3 Å². The summed E-state index contributed by atoms with van der Waals surface area (Å²) in [5, 5.41) is 3.16. The number of nitrogens with one attached hydrogen (secondary N) is 1. The van der Waals surface area contributed by atoms with Crippen molar-refractivity contribution < 1.29 is 18.0 Å². The van der Waals surface area contributed by atoms with Gasteiger partial charge in [0.2, 0.25) is 11.8 Å². The highest BCUT2D eigenvalue weighted by molar-refractivity contribution is 7.92. The number of anilines is 1. The van der Waals surface area contributed by atoms with E-state index >= 15 is 0 Å². The van der Waals surface area contributed by atoms with E-state index in [1.807, 2.05) is 63.2 Å². The molecule has 1 aliphatic carbocycles. The van der Waals surface area contributed by atoms with Crippen molar-refractivity contribution in [1.82, 2.24) is 10.2 Å². The normalized spacial score (nSPS) is 14.4. The number of rotatable bonds is 12. The first-order valence-electron chi connectivity index (χ1n) is 14.5. The number of amides is 2. The van der Waals surface area contributed by atoms with Gasteiger partial charge in [-0.1, -0.05) is 86.0 Å². The third-order valence-corrected chi connectivity index (χ3v) is 9.58. The predicted octanol–water partition coefficient (Wildman–Crippen LogP) is 5.41. The lowest BCUT2D eigenvalue weighted by molar-refractivity contribution is -0.139. The van der Waals surface area contributed by atoms with E-state index < -0.39 is 28.5 Å². The predicted molar refractivity (Wildman–Crippen MR) is 163 cm³/mol. The van der Waals surface area contributed by atoms with Crippen molar-refractivity contribution in [2.24, 2.45) is 0 Å². The second-order valence-electron chi connectivity index (χ2n) is 10.9. The first-order valence-corrected chi connectivity index (χ1v) is 15.9. The Labute approximate surface area is 244 Å². The first kappa shape index (κ1) is 30.3. The summed E-state index contributed by atoms with van der Waals surface area (Å²) in [6, 6.07) is 22.9. The smallest absolute Gasteiger partial charge is 0.264 e. The van der Waals surface area contributed by atoms with E-state index in [4.69, 9.17) is 0 Å². The zero-order chi connectivity index (χ0) is 29.4. The van der Waals surface area contributed by atoms with Gasteiger partial charge in [0.05, 0.1) is 10.6 Å². The monoisotopic (exact) mass is 575 g/mol. The second kappa shape index (κ2) is 13.8. The van der Waals surface area contributed by atoms with Gasteiger partial charge in [0, 0.05) is 12.6 Å². The van der Waals surface area contributed by atoms with Crippen molar-refractivity contribution in [3.8, 4) is 0 Å². The molecule has 1 N–H and O–H groups in total. The summed E-state index contributed by atoms with van der Waals surface area (Å²) >= 11 is 0. The maximum atomic E-state index is 14.2. The van der Waals surface area contributed by atoms with E-state index in [2.05, 4.69) is 5.32 Å². The van der Waals surface area contributed by atoms with Gasteiger partial charge in [0.1, 0.15) is 12.6 Å². The molecule has 1 atom stereocenters. The fraction of sp³-hybridized carbons (Fsp3) is 0.394. The van der Waals surface area contributed by atoms with Crippen molar-refractivity contribution in [2.45, 2.75) is 76.3 Å². The van der Waals surface area contributed by atoms with Crippen LogP contribution in [0.25, 0.3) is 0 Å². The number of hydrogen-bond acceptors (Lipinski definition) is 4. The Morgan fingerprint density at radius 2 is 1.56 bits per heavy atom. The van der Waals surface area contributed by atoms with E-state index in [1.54, 1.807) is 29.2 Å². The lowest BCUT2D eigenvalue weighted by Gasteiger charge is -2.34. The number of aryl methyl sites for hydroxylation is 2. The molecular formula is C33H41N3O4S. The number of carbonyl (C=O) groups is 2. The maximum Gasteiger partial charge on any atom is 0.264 e. The third kappa shape index (κ3) is 7.55. The van der Waals surface area contributed by atoms with Crippen molar-refractivity contribution in [3.05, 3.63) is 95.6 Å². The number of sulfonamides is 1. The van der Waals surface area contributed by atoms with E-state index in [1.165, 1.54) is 16.4 Å². The largest absolute Gasteiger partial charge is 0.352 e. The van der Waals surface area contributed by atoms with Gasteiger partial charge in [0.15, 0.2) is 0 Å². The van der Waals surface area contributed by atoms with E-state index in [0.717, 1.165) is 42.4 Å². The summed E-state index contributed by atoms with van der Waals surface area (Å²) in [5.41, 5.74) is 3.23. The molecule has 8 heteroatoms. The minimum Gasteiger partial charge on any atom is -0.352 e. The Kier molecular flexibility index (Phi) is 10.2. The standard InChI is InChI=1S/C33H41N3O4S/c1-4-30(33(38)34-28-15-11-12-16-28)35(22-21-27-13-7-5-8-14-27)32(37)24-36(31-20-19-25(2)23-26(31)3)41(39,40)29-17-9-6-10-18-29/h5-10,13-14,17-20,23,28,30H,4,11-12,15-16,21-22,24H2,1-3H3,(H,34,38). The summed E-state index contributed by atoms with van der Waals surface area (Å²) in [5.74, 6) is -0.585. The molecule has 0 bridgehead atoms. The van der Waals surface area contributed by atoms with Crippen LogP contribution in [0.15, 0.2) is 83.8 Å². The molecule has 1 fully saturated rings. The van der Waals surface area contributed by atoms with Gasteiger partial charge in [-0.2, -0.15) is 0 Å². The third-order valence-electron chi connectivity index (χ3n) is 7.80. The minimum absolute atomic E-state index is 0.106. The summed E-state index contributed by atoms with van der Waals surface area (Å²) in [7, 11) is -4.07. The molecule has 0 heterocycles. The van der Waals surface area contributed by atoms with Crippen LogP contribution in [0, 0.1) is 13.8 Å². The van der Waals surface area contributed by atoms with Crippen molar-refractivity contribution in [2.75, 3.05) is 17.4 Å². The summed E-state index contributed by atoms with van der Waals surface area (Å²) in [4.78, 5) is 29.4. The lowest BCUT2D eigenvalue weighted by atomic mass is 10.1. The van der Waals surface area contributed by atoms with Crippen molar-refractivity contribution >= 4 is 27.5 Å². The van der Waals surface area contributed by atoms with Gasteiger partial charge in [-0.15, -0.1) is 0 Å². The van der Waals surface area contributed by atoms with Gasteiger partial charge in [-0.25, -0.2) is 8.42 Å². The van der Waals surface area contributed by atoms with Crippen LogP contribution < -0.4 is 9.62 Å². The highest BCUT2D eigenvalue weighted by Gasteiger charge is 2.34. The van der Waals surface area contributed by atoms with Crippen LogP contribution in [0.3, 0.4) is 0 Å². The Morgan fingerprint density at radius 3 is 2.17 bits per heavy atom. The molecule has 0 saturated heterocycles. The molecule has 3 aromatic carbocycles. The molecule has 1 aliphatic rings. The fourth-order valence-electron chi connectivity index (χ4n) is 5.58. The number of nitrogens with zero attached hydrogens (tertiary/aromatic N) is 2. The zero-order valence-corrected chi connectivity index (χ0v) is 25.1. The Morgan fingerprint density at radius 1 is 0.927 bits per heavy atom. The highest BCUT2D eigenvalue weighted by Crippen LogP contribution is 2.28. The summed E-state index contributed by atoms with van der Waals surface area (Å²) < 4.78 is 29.2. The second-order valence-corrected chi connectivity index (χ2v) is 12.7. The molecule has 1 saturated carbocycles. The molecule has 0 aliphatic heterocycles. The molecule has 1 unspecified atom stereocenters. The molecule has 0 radical (unpaired) electrons. The van der Waals surface area contributed by atoms with Crippen LogP contribution in [-0.2, 0) is 26.0 Å². The molecule has 41 heavy (non-hydrogen) atoms. The average Bonchev–Trinajstić information content (AvgIpc) is 3.48. The van der Waals surface area contributed by atoms with Gasteiger partial charge in [-0.05, 0) is 68.9 Å². The molecular weight excluding hydrogens is 534 g/mol. The highest BCUT2D eigenvalue weighted by atomic mass is 32.2. The van der Waals surface area contributed by atoms with Gasteiger partial charge >= 0.3 is 0 Å². The Balaban J connectivity index is 1.69. The van der Waals surface area contributed by atoms with E-state index in [9.17, 15) is 18.0 Å². The summed E-state index contributed by atoms with van der Waals surface area (Å²) in [6.07, 6.45) is 5.02. The summed E-state index contributed by atoms with van der Waals surface area (Å²) in [6.45, 7) is 5.56. The average molecular weight is 576 g/mol. The topological polar surface area (TPSA) is 86.8 Å². The van der Waals surface area contributed by atoms with Crippen LogP contribution in [0.1, 0.15) is 55.7 Å². The molecule has 218 valence electrons. The van der Waals surface area contributed by atoms with Crippen LogP contribution in [0.2, 0.25) is 0 Å². The van der Waals surface area contributed by atoms with Crippen LogP contribution >= 0.6 is 0 Å². The van der Waals surface area contributed by atoms with Gasteiger partial charge in [-0.3, -0.25) is 13.9 Å². The maximum absolute atomic E-state index is 14.2. The van der Waals surface area contributed by atoms with E-state index in [-0.39, 0.29) is 16.8 Å². The number of hydrogen-bond donors (Lipinski definition) is 1. The molecule has 7 nitrogen and oxygen atoms in total. The van der Waals surface area contributed by atoms with Crippen LogP contribution in [0.5, 0.6) is 0 Å². The fourth-order valence-corrected chi connectivity index (χ4v) is 7.08. The number of benzene rings is 3. The molecule has 2 amide bonds. The number of carbonyl (C=O) groups excluding carboxylic acids is 2.